The number of nitrogens with zero attached hydrogens (tertiary/aromatic N) is 1. The summed E-state index contributed by atoms with van der Waals surface area (Å²) in [6.45, 7) is 0.474. The number of carbonyl (C=O) groups excluding carboxylic acids is 1. The summed E-state index contributed by atoms with van der Waals surface area (Å²) in [6.07, 6.45) is 1.87. The van der Waals surface area contributed by atoms with Crippen LogP contribution in [0.3, 0.4) is 0 Å². The minimum atomic E-state index is -0.170. The topological polar surface area (TPSA) is 50.7 Å². The molecule has 0 bridgehead atoms. The number of ether oxygens (including phenoxy) is 1. The molecular formula is C22H19BrN2O2. The summed E-state index contributed by atoms with van der Waals surface area (Å²) in [4.78, 5) is 12.0. The van der Waals surface area contributed by atoms with E-state index in [2.05, 4.69) is 26.5 Å². The first-order valence-electron chi connectivity index (χ1n) is 8.53. The van der Waals surface area contributed by atoms with E-state index in [-0.39, 0.29) is 12.3 Å². The summed E-state index contributed by atoms with van der Waals surface area (Å²) in [5.74, 6) is 0.545. The van der Waals surface area contributed by atoms with Crippen LogP contribution in [0.5, 0.6) is 5.75 Å². The first kappa shape index (κ1) is 18.9. The lowest BCUT2D eigenvalue weighted by Gasteiger charge is -2.09. The van der Waals surface area contributed by atoms with Gasteiger partial charge in [-0.15, -0.1) is 0 Å². The average Bonchev–Trinajstić information content (AvgIpc) is 2.70. The molecule has 0 aromatic heterocycles. The highest BCUT2D eigenvalue weighted by atomic mass is 79.9. The molecule has 0 atom stereocenters. The van der Waals surface area contributed by atoms with Crippen molar-refractivity contribution in [2.24, 2.45) is 5.10 Å². The quantitative estimate of drug-likeness (QED) is 0.442. The Morgan fingerprint density at radius 1 is 0.926 bits per heavy atom. The zero-order chi connectivity index (χ0) is 18.9. The number of halogens is 1. The van der Waals surface area contributed by atoms with Crippen molar-refractivity contribution >= 4 is 28.1 Å². The Hall–Kier alpha value is -2.92. The third-order valence-corrected chi connectivity index (χ3v) is 4.36. The van der Waals surface area contributed by atoms with Gasteiger partial charge in [0.15, 0.2) is 0 Å². The molecular weight excluding hydrogens is 404 g/mol. The van der Waals surface area contributed by atoms with Gasteiger partial charge in [-0.25, -0.2) is 5.43 Å². The molecule has 1 amide bonds. The number of benzene rings is 3. The van der Waals surface area contributed by atoms with Crippen molar-refractivity contribution in [2.45, 2.75) is 13.0 Å². The largest absolute Gasteiger partial charge is 0.488 e. The third-order valence-electron chi connectivity index (χ3n) is 3.83. The van der Waals surface area contributed by atoms with E-state index in [1.165, 1.54) is 0 Å². The van der Waals surface area contributed by atoms with E-state index in [9.17, 15) is 4.79 Å². The van der Waals surface area contributed by atoms with Gasteiger partial charge in [0.2, 0.25) is 5.91 Å². The Morgan fingerprint density at radius 3 is 2.41 bits per heavy atom. The van der Waals surface area contributed by atoms with Crippen molar-refractivity contribution in [3.8, 4) is 5.75 Å². The fourth-order valence-electron chi connectivity index (χ4n) is 2.45. The maximum absolute atomic E-state index is 12.0. The summed E-state index contributed by atoms with van der Waals surface area (Å²) in [5.41, 5.74) is 5.38. The van der Waals surface area contributed by atoms with Crippen LogP contribution in [0.2, 0.25) is 0 Å². The van der Waals surface area contributed by atoms with E-state index >= 15 is 0 Å². The molecule has 27 heavy (non-hydrogen) atoms. The Labute approximate surface area is 167 Å². The number of para-hydroxylation sites is 1. The van der Waals surface area contributed by atoms with Gasteiger partial charge in [-0.3, -0.25) is 4.79 Å². The van der Waals surface area contributed by atoms with Crippen LogP contribution in [0.4, 0.5) is 0 Å². The maximum atomic E-state index is 12.0. The van der Waals surface area contributed by atoms with Crippen LogP contribution in [0.25, 0.3) is 0 Å². The molecule has 1 N–H and O–H groups in total. The van der Waals surface area contributed by atoms with Crippen LogP contribution in [-0.4, -0.2) is 12.1 Å². The van der Waals surface area contributed by atoms with Crippen molar-refractivity contribution in [1.82, 2.24) is 5.43 Å². The Morgan fingerprint density at radius 2 is 1.63 bits per heavy atom. The van der Waals surface area contributed by atoms with Crippen molar-refractivity contribution in [3.05, 3.63) is 100 Å². The number of rotatable bonds is 7. The molecule has 5 heteroatoms. The van der Waals surface area contributed by atoms with Crippen LogP contribution >= 0.6 is 15.9 Å². The number of hydrogen-bond donors (Lipinski definition) is 1. The zero-order valence-corrected chi connectivity index (χ0v) is 16.2. The van der Waals surface area contributed by atoms with Crippen LogP contribution < -0.4 is 10.2 Å². The molecule has 136 valence electrons. The molecule has 0 aliphatic carbocycles. The Balaban J connectivity index is 1.56. The SMILES string of the molecule is O=C(Cc1ccc(Br)cc1)N/N=C/c1ccccc1OCc1ccccc1. The molecule has 3 aromatic rings. The molecule has 0 heterocycles. The lowest BCUT2D eigenvalue weighted by molar-refractivity contribution is -0.120. The first-order chi connectivity index (χ1) is 13.2. The highest BCUT2D eigenvalue weighted by molar-refractivity contribution is 9.10. The number of hydrazone groups is 1. The van der Waals surface area contributed by atoms with Gasteiger partial charge in [-0.1, -0.05) is 70.5 Å². The molecule has 0 radical (unpaired) electrons. The summed E-state index contributed by atoms with van der Waals surface area (Å²) in [6, 6.07) is 25.2. The van der Waals surface area contributed by atoms with Gasteiger partial charge in [0, 0.05) is 10.0 Å². The number of carbonyl (C=O) groups is 1. The van der Waals surface area contributed by atoms with E-state index in [4.69, 9.17) is 4.74 Å². The molecule has 0 aliphatic rings. The molecule has 0 unspecified atom stereocenters. The fourth-order valence-corrected chi connectivity index (χ4v) is 2.72. The third kappa shape index (κ3) is 6.08. The summed E-state index contributed by atoms with van der Waals surface area (Å²) in [7, 11) is 0. The molecule has 0 spiro atoms. The van der Waals surface area contributed by atoms with Gasteiger partial charge in [0.1, 0.15) is 12.4 Å². The molecule has 0 aliphatic heterocycles. The fraction of sp³-hybridized carbons (Fsp3) is 0.0909. The molecule has 3 aromatic carbocycles. The number of amides is 1. The normalized spacial score (nSPS) is 10.7. The van der Waals surface area contributed by atoms with Crippen LogP contribution in [0.1, 0.15) is 16.7 Å². The van der Waals surface area contributed by atoms with Crippen molar-refractivity contribution in [2.75, 3.05) is 0 Å². The molecule has 4 nitrogen and oxygen atoms in total. The van der Waals surface area contributed by atoms with Gasteiger partial charge in [0.25, 0.3) is 0 Å². The first-order valence-corrected chi connectivity index (χ1v) is 9.32. The summed E-state index contributed by atoms with van der Waals surface area (Å²) >= 11 is 3.38. The second-order valence-corrected chi connectivity index (χ2v) is 6.82. The molecule has 0 saturated carbocycles. The molecule has 0 fully saturated rings. The van der Waals surface area contributed by atoms with Gasteiger partial charge < -0.3 is 4.74 Å². The van der Waals surface area contributed by atoms with Crippen molar-refractivity contribution in [1.29, 1.82) is 0 Å². The highest BCUT2D eigenvalue weighted by Gasteiger charge is 2.04. The summed E-state index contributed by atoms with van der Waals surface area (Å²) < 4.78 is 6.86. The lowest BCUT2D eigenvalue weighted by atomic mass is 10.1. The standard InChI is InChI=1S/C22H19BrN2O2/c23-20-12-10-17(11-13-20)14-22(26)25-24-15-19-8-4-5-9-21(19)27-16-18-6-2-1-3-7-18/h1-13,15H,14,16H2,(H,25,26)/b24-15+. The van der Waals surface area contributed by atoms with Crippen LogP contribution in [-0.2, 0) is 17.8 Å². The van der Waals surface area contributed by atoms with Gasteiger partial charge in [-0.2, -0.15) is 5.10 Å². The predicted octanol–water partition coefficient (Wildman–Crippen LogP) is 4.72. The van der Waals surface area contributed by atoms with Crippen molar-refractivity contribution in [3.63, 3.8) is 0 Å². The smallest absolute Gasteiger partial charge is 0.244 e. The molecule has 3 rings (SSSR count). The van der Waals surface area contributed by atoms with E-state index in [1.807, 2.05) is 78.9 Å². The number of nitrogens with one attached hydrogen (secondary N) is 1. The minimum absolute atomic E-state index is 0.170. The summed E-state index contributed by atoms with van der Waals surface area (Å²) in [5, 5.41) is 4.06. The minimum Gasteiger partial charge on any atom is -0.488 e. The Kier molecular flexibility index (Phi) is 6.77. The van der Waals surface area contributed by atoms with Crippen LogP contribution in [0, 0.1) is 0 Å². The predicted molar refractivity (Wildman–Crippen MR) is 111 cm³/mol. The second kappa shape index (κ2) is 9.69. The average molecular weight is 423 g/mol. The van der Waals surface area contributed by atoms with E-state index in [0.717, 1.165) is 21.2 Å². The van der Waals surface area contributed by atoms with E-state index in [0.29, 0.717) is 12.4 Å². The maximum Gasteiger partial charge on any atom is 0.244 e. The van der Waals surface area contributed by atoms with E-state index < -0.39 is 0 Å². The van der Waals surface area contributed by atoms with Crippen molar-refractivity contribution < 1.29 is 9.53 Å². The second-order valence-electron chi connectivity index (χ2n) is 5.91. The number of hydrogen-bond acceptors (Lipinski definition) is 3. The van der Waals surface area contributed by atoms with Gasteiger partial charge in [-0.05, 0) is 35.4 Å². The molecule has 0 saturated heterocycles. The van der Waals surface area contributed by atoms with Gasteiger partial charge in [0.05, 0.1) is 12.6 Å². The highest BCUT2D eigenvalue weighted by Crippen LogP contribution is 2.17. The lowest BCUT2D eigenvalue weighted by Crippen LogP contribution is -2.19. The zero-order valence-electron chi connectivity index (χ0n) is 14.6. The Bertz CT molecular complexity index is 909. The van der Waals surface area contributed by atoms with E-state index in [1.54, 1.807) is 6.21 Å². The monoisotopic (exact) mass is 422 g/mol. The van der Waals surface area contributed by atoms with Crippen LogP contribution in [0.15, 0.2) is 88.4 Å². The van der Waals surface area contributed by atoms with Gasteiger partial charge >= 0.3 is 0 Å².